The summed E-state index contributed by atoms with van der Waals surface area (Å²) < 4.78 is 39.0. The van der Waals surface area contributed by atoms with Crippen LogP contribution in [0.4, 0.5) is 11.4 Å². The van der Waals surface area contributed by atoms with Crippen LogP contribution >= 0.6 is 12.2 Å². The van der Waals surface area contributed by atoms with Gasteiger partial charge in [-0.3, -0.25) is 10.4 Å². The summed E-state index contributed by atoms with van der Waals surface area (Å²) in [5, 5.41) is 7.98. The molecule has 0 atom stereocenters. The van der Waals surface area contributed by atoms with E-state index in [1.54, 1.807) is 18.3 Å². The molecule has 2 aliphatic rings. The van der Waals surface area contributed by atoms with Gasteiger partial charge >= 0.3 is 0 Å². The number of hydrogen-bond donors (Lipinski definition) is 2. The zero-order valence-corrected chi connectivity index (χ0v) is 23.0. The molecule has 0 bridgehead atoms. The maximum Gasteiger partial charge on any atom is 0.243 e. The van der Waals surface area contributed by atoms with Crippen LogP contribution in [-0.2, 0) is 19.5 Å². The van der Waals surface area contributed by atoms with Crippen LogP contribution in [0.5, 0.6) is 0 Å². The van der Waals surface area contributed by atoms with E-state index in [2.05, 4.69) is 25.7 Å². The standard InChI is InChI=1S/C27H30N6O4S2/c34-39(35,33-14-18-37-19-15-33)22-9-10-25(32-12-16-36-17-13-32)24(20-22)29-27(38)31-30-26(21-6-2-1-3-7-21)23-8-4-5-11-28-23/h1-11,20H,12-19H2,(H2,29,31,38)/b30-26-. The molecule has 2 fully saturated rings. The molecule has 39 heavy (non-hydrogen) atoms. The number of anilines is 2. The summed E-state index contributed by atoms with van der Waals surface area (Å²) >= 11 is 5.61. The van der Waals surface area contributed by atoms with Crippen LogP contribution in [0.15, 0.2) is 82.9 Å². The second-order valence-corrected chi connectivity index (χ2v) is 11.2. The van der Waals surface area contributed by atoms with Gasteiger partial charge in [0.1, 0.15) is 5.71 Å². The number of sulfonamides is 1. The number of nitrogens with zero attached hydrogens (tertiary/aromatic N) is 4. The van der Waals surface area contributed by atoms with E-state index < -0.39 is 10.0 Å². The van der Waals surface area contributed by atoms with Crippen LogP contribution in [0, 0.1) is 0 Å². The van der Waals surface area contributed by atoms with E-state index in [1.807, 2.05) is 54.6 Å². The van der Waals surface area contributed by atoms with Gasteiger partial charge in [0.25, 0.3) is 0 Å². The van der Waals surface area contributed by atoms with Crippen molar-refractivity contribution in [1.82, 2.24) is 14.7 Å². The number of ether oxygens (including phenoxy) is 2. The summed E-state index contributed by atoms with van der Waals surface area (Å²) in [6, 6.07) is 20.4. The number of hydrazone groups is 1. The van der Waals surface area contributed by atoms with Crippen molar-refractivity contribution in [2.75, 3.05) is 62.8 Å². The number of morpholine rings is 2. The molecule has 2 saturated heterocycles. The van der Waals surface area contributed by atoms with Crippen LogP contribution in [-0.4, -0.2) is 81.1 Å². The summed E-state index contributed by atoms with van der Waals surface area (Å²) in [6.07, 6.45) is 1.71. The Balaban J connectivity index is 1.43. The summed E-state index contributed by atoms with van der Waals surface area (Å²) in [5.41, 5.74) is 6.51. The highest BCUT2D eigenvalue weighted by atomic mass is 32.2. The first-order valence-corrected chi connectivity index (χ1v) is 14.5. The number of thiocarbonyl (C=S) groups is 1. The number of benzene rings is 2. The SMILES string of the molecule is O=S(=O)(c1ccc(N2CCOCC2)c(NC(=S)N/N=C(/c2ccccc2)c2ccccn2)c1)N1CCOCC1. The largest absolute Gasteiger partial charge is 0.379 e. The third kappa shape index (κ3) is 6.60. The Morgan fingerprint density at radius 1 is 0.897 bits per heavy atom. The minimum absolute atomic E-state index is 0.189. The molecular formula is C27H30N6O4S2. The van der Waals surface area contributed by atoms with Gasteiger partial charge in [0.05, 0.1) is 48.4 Å². The van der Waals surface area contributed by atoms with E-state index >= 15 is 0 Å². The Kier molecular flexibility index (Phi) is 8.79. The number of pyridine rings is 1. The number of hydrogen-bond acceptors (Lipinski definition) is 8. The zero-order valence-electron chi connectivity index (χ0n) is 21.3. The van der Waals surface area contributed by atoms with E-state index in [0.717, 1.165) is 11.3 Å². The van der Waals surface area contributed by atoms with Crippen molar-refractivity contribution in [1.29, 1.82) is 0 Å². The molecule has 0 saturated carbocycles. The molecule has 3 aromatic rings. The molecular weight excluding hydrogens is 536 g/mol. The molecule has 0 unspecified atom stereocenters. The van der Waals surface area contributed by atoms with Gasteiger partial charge in [-0.2, -0.15) is 9.41 Å². The Morgan fingerprint density at radius 2 is 1.59 bits per heavy atom. The highest BCUT2D eigenvalue weighted by Gasteiger charge is 2.28. The van der Waals surface area contributed by atoms with Crippen molar-refractivity contribution in [2.45, 2.75) is 4.90 Å². The van der Waals surface area contributed by atoms with E-state index in [4.69, 9.17) is 21.7 Å². The van der Waals surface area contributed by atoms with Crippen LogP contribution < -0.4 is 15.6 Å². The molecule has 1 aromatic heterocycles. The average molecular weight is 567 g/mol. The molecule has 2 N–H and O–H groups in total. The molecule has 0 aliphatic carbocycles. The molecule has 2 aliphatic heterocycles. The third-order valence-electron chi connectivity index (χ3n) is 6.40. The molecule has 5 rings (SSSR count). The predicted octanol–water partition coefficient (Wildman–Crippen LogP) is 2.68. The molecule has 3 heterocycles. The lowest BCUT2D eigenvalue weighted by Crippen LogP contribution is -2.40. The van der Waals surface area contributed by atoms with E-state index in [-0.39, 0.29) is 10.0 Å². The summed E-state index contributed by atoms with van der Waals surface area (Å²) in [5.74, 6) is 0. The van der Waals surface area contributed by atoms with Crippen LogP contribution in [0.2, 0.25) is 0 Å². The van der Waals surface area contributed by atoms with Crippen molar-refractivity contribution < 1.29 is 17.9 Å². The lowest BCUT2D eigenvalue weighted by molar-refractivity contribution is 0.0730. The van der Waals surface area contributed by atoms with E-state index in [9.17, 15) is 8.42 Å². The molecule has 2 aromatic carbocycles. The molecule has 0 spiro atoms. The van der Waals surface area contributed by atoms with Crippen molar-refractivity contribution in [3.63, 3.8) is 0 Å². The fourth-order valence-corrected chi connectivity index (χ4v) is 6.01. The van der Waals surface area contributed by atoms with Crippen molar-refractivity contribution in [2.24, 2.45) is 5.10 Å². The molecule has 10 nitrogen and oxygen atoms in total. The quantitative estimate of drug-likeness (QED) is 0.254. The van der Waals surface area contributed by atoms with Crippen LogP contribution in [0.3, 0.4) is 0 Å². The van der Waals surface area contributed by atoms with E-state index in [1.165, 1.54) is 4.31 Å². The molecule has 0 amide bonds. The lowest BCUT2D eigenvalue weighted by Gasteiger charge is -2.31. The Morgan fingerprint density at radius 3 is 2.28 bits per heavy atom. The third-order valence-corrected chi connectivity index (χ3v) is 8.49. The smallest absolute Gasteiger partial charge is 0.243 e. The number of rotatable bonds is 7. The Labute approximate surface area is 233 Å². The van der Waals surface area contributed by atoms with Gasteiger partial charge in [-0.1, -0.05) is 36.4 Å². The Bertz CT molecular complexity index is 1370. The van der Waals surface area contributed by atoms with Gasteiger partial charge in [0, 0.05) is 37.9 Å². The second kappa shape index (κ2) is 12.6. The van der Waals surface area contributed by atoms with Crippen LogP contribution in [0.1, 0.15) is 11.3 Å². The summed E-state index contributed by atoms with van der Waals surface area (Å²) in [7, 11) is -3.69. The summed E-state index contributed by atoms with van der Waals surface area (Å²) in [4.78, 5) is 6.78. The van der Waals surface area contributed by atoms with Crippen molar-refractivity contribution in [3.8, 4) is 0 Å². The second-order valence-electron chi connectivity index (χ2n) is 8.90. The normalized spacial score (nSPS) is 17.0. The number of aromatic nitrogens is 1. The minimum Gasteiger partial charge on any atom is -0.379 e. The zero-order chi connectivity index (χ0) is 27.1. The predicted molar refractivity (Wildman–Crippen MR) is 155 cm³/mol. The number of nitrogens with one attached hydrogen (secondary N) is 2. The highest BCUT2D eigenvalue weighted by molar-refractivity contribution is 7.89. The van der Waals surface area contributed by atoms with Crippen LogP contribution in [0.25, 0.3) is 0 Å². The highest BCUT2D eigenvalue weighted by Crippen LogP contribution is 2.31. The van der Waals surface area contributed by atoms with Gasteiger partial charge < -0.3 is 19.7 Å². The van der Waals surface area contributed by atoms with Gasteiger partial charge in [0.15, 0.2) is 5.11 Å². The first-order valence-electron chi connectivity index (χ1n) is 12.7. The maximum atomic E-state index is 13.4. The first kappa shape index (κ1) is 27.2. The monoisotopic (exact) mass is 566 g/mol. The fourth-order valence-electron chi connectivity index (χ4n) is 4.42. The molecule has 0 radical (unpaired) electrons. The molecule has 204 valence electrons. The first-order chi connectivity index (χ1) is 19.0. The maximum absolute atomic E-state index is 13.4. The fraction of sp³-hybridized carbons (Fsp3) is 0.296. The topological polar surface area (TPSA) is 108 Å². The average Bonchev–Trinajstić information content (AvgIpc) is 2.99. The van der Waals surface area contributed by atoms with Crippen molar-refractivity contribution >= 4 is 44.4 Å². The minimum atomic E-state index is -3.69. The van der Waals surface area contributed by atoms with Crippen molar-refractivity contribution in [3.05, 3.63) is 84.2 Å². The van der Waals surface area contributed by atoms with Gasteiger partial charge in [0.2, 0.25) is 10.0 Å². The van der Waals surface area contributed by atoms with Gasteiger partial charge in [-0.05, 0) is 42.5 Å². The van der Waals surface area contributed by atoms with Gasteiger partial charge in [-0.25, -0.2) is 8.42 Å². The summed E-state index contributed by atoms with van der Waals surface area (Å²) in [6.45, 7) is 3.93. The lowest BCUT2D eigenvalue weighted by atomic mass is 10.1. The molecule has 12 heteroatoms. The Hall–Kier alpha value is -3.42. The van der Waals surface area contributed by atoms with E-state index in [0.29, 0.717) is 69.7 Å². The van der Waals surface area contributed by atoms with Gasteiger partial charge in [-0.15, -0.1) is 0 Å².